The third-order valence-electron chi connectivity index (χ3n) is 3.88. The number of carbonyl (C=O) groups excluding carboxylic acids is 1. The van der Waals surface area contributed by atoms with E-state index in [1.54, 1.807) is 32.6 Å². The fourth-order valence-corrected chi connectivity index (χ4v) is 3.27. The van der Waals surface area contributed by atoms with Crippen LogP contribution >= 0.6 is 7.14 Å². The van der Waals surface area contributed by atoms with Gasteiger partial charge in [-0.15, -0.1) is 0 Å². The smallest absolute Gasteiger partial charge is 0.218 e. The first-order valence-electron chi connectivity index (χ1n) is 7.85. The van der Waals surface area contributed by atoms with Crippen molar-refractivity contribution in [1.29, 1.82) is 0 Å². The van der Waals surface area contributed by atoms with Crippen molar-refractivity contribution < 1.29 is 9.36 Å². The van der Waals surface area contributed by atoms with Gasteiger partial charge in [0.1, 0.15) is 7.14 Å². The second-order valence-electron chi connectivity index (χ2n) is 6.37. The SMILES string of the molecule is CNc1ccc(P(C)(C)=O)cc1N(C=O)c1ccc(C(C)C)nc1. The summed E-state index contributed by atoms with van der Waals surface area (Å²) in [5.41, 5.74) is 3.09. The fraction of sp³-hybridized carbons (Fsp3) is 0.333. The average molecular weight is 345 g/mol. The van der Waals surface area contributed by atoms with E-state index in [4.69, 9.17) is 0 Å². The minimum atomic E-state index is -2.42. The number of amides is 1. The van der Waals surface area contributed by atoms with E-state index in [0.29, 0.717) is 17.3 Å². The predicted octanol–water partition coefficient (Wildman–Crippen LogP) is 3.79. The maximum absolute atomic E-state index is 12.4. The number of benzene rings is 1. The summed E-state index contributed by atoms with van der Waals surface area (Å²) in [6, 6.07) is 9.28. The van der Waals surface area contributed by atoms with Crippen molar-refractivity contribution in [2.24, 2.45) is 0 Å². The van der Waals surface area contributed by atoms with Gasteiger partial charge in [-0.2, -0.15) is 0 Å². The Kier molecular flexibility index (Phi) is 5.45. The second-order valence-corrected chi connectivity index (χ2v) is 9.59. The van der Waals surface area contributed by atoms with Crippen molar-refractivity contribution in [3.05, 3.63) is 42.2 Å². The highest BCUT2D eigenvalue weighted by Gasteiger charge is 2.18. The van der Waals surface area contributed by atoms with Crippen LogP contribution in [0.25, 0.3) is 0 Å². The summed E-state index contributed by atoms with van der Waals surface area (Å²) in [6.45, 7) is 7.58. The largest absolute Gasteiger partial charge is 0.386 e. The minimum absolute atomic E-state index is 0.325. The number of anilines is 3. The molecule has 2 rings (SSSR count). The Bertz CT molecular complexity index is 766. The molecule has 1 heterocycles. The molecule has 128 valence electrons. The third kappa shape index (κ3) is 3.85. The molecule has 6 heteroatoms. The lowest BCUT2D eigenvalue weighted by Crippen LogP contribution is -2.18. The lowest BCUT2D eigenvalue weighted by atomic mass is 10.1. The van der Waals surface area contributed by atoms with Gasteiger partial charge in [-0.3, -0.25) is 14.7 Å². The monoisotopic (exact) mass is 345 g/mol. The van der Waals surface area contributed by atoms with Crippen LogP contribution in [0.15, 0.2) is 36.5 Å². The summed E-state index contributed by atoms with van der Waals surface area (Å²) in [6.07, 6.45) is 2.44. The number of nitrogens with one attached hydrogen (secondary N) is 1. The van der Waals surface area contributed by atoms with Gasteiger partial charge in [-0.25, -0.2) is 0 Å². The van der Waals surface area contributed by atoms with Crippen LogP contribution in [0.4, 0.5) is 17.1 Å². The molecule has 1 N–H and O–H groups in total. The van der Waals surface area contributed by atoms with E-state index in [9.17, 15) is 9.36 Å². The van der Waals surface area contributed by atoms with E-state index >= 15 is 0 Å². The zero-order chi connectivity index (χ0) is 17.9. The van der Waals surface area contributed by atoms with Crippen LogP contribution in [0.3, 0.4) is 0 Å². The predicted molar refractivity (Wildman–Crippen MR) is 102 cm³/mol. The van der Waals surface area contributed by atoms with Crippen molar-refractivity contribution >= 4 is 35.9 Å². The molecule has 1 aromatic heterocycles. The summed E-state index contributed by atoms with van der Waals surface area (Å²) in [7, 11) is -0.633. The molecule has 0 bridgehead atoms. The molecule has 0 aliphatic rings. The third-order valence-corrected chi connectivity index (χ3v) is 5.40. The number of rotatable bonds is 6. The molecule has 0 unspecified atom stereocenters. The van der Waals surface area contributed by atoms with Crippen LogP contribution in [0, 0.1) is 0 Å². The van der Waals surface area contributed by atoms with Gasteiger partial charge in [0.05, 0.1) is 23.3 Å². The van der Waals surface area contributed by atoms with Gasteiger partial charge in [0.25, 0.3) is 0 Å². The van der Waals surface area contributed by atoms with E-state index in [1.807, 2.05) is 24.3 Å². The molecule has 0 saturated carbocycles. The van der Waals surface area contributed by atoms with Gasteiger partial charge in [0.2, 0.25) is 6.41 Å². The lowest BCUT2D eigenvalue weighted by Gasteiger charge is -2.22. The normalized spacial score (nSPS) is 11.4. The topological polar surface area (TPSA) is 62.3 Å². The zero-order valence-corrected chi connectivity index (χ0v) is 15.7. The number of pyridine rings is 1. The van der Waals surface area contributed by atoms with Crippen LogP contribution < -0.4 is 15.5 Å². The first kappa shape index (κ1) is 18.2. The molecular weight excluding hydrogens is 321 g/mol. The van der Waals surface area contributed by atoms with Gasteiger partial charge in [-0.05, 0) is 49.6 Å². The standard InChI is InChI=1S/C18H24N3O2P/c1-13(2)16-8-6-14(11-20-16)21(12-22)18-10-15(24(4,5)23)7-9-17(18)19-3/h6-13,19H,1-5H3. The molecule has 0 aliphatic heterocycles. The average Bonchev–Trinajstić information content (AvgIpc) is 2.55. The maximum atomic E-state index is 12.4. The Morgan fingerprint density at radius 1 is 1.21 bits per heavy atom. The molecule has 0 atom stereocenters. The summed E-state index contributed by atoms with van der Waals surface area (Å²) in [5, 5.41) is 3.81. The molecule has 0 saturated heterocycles. The molecule has 0 aliphatic carbocycles. The molecule has 24 heavy (non-hydrogen) atoms. The first-order valence-corrected chi connectivity index (χ1v) is 10.5. The molecule has 1 amide bonds. The molecule has 0 radical (unpaired) electrons. The number of hydrogen-bond donors (Lipinski definition) is 1. The molecular formula is C18H24N3O2P. The van der Waals surface area contributed by atoms with Gasteiger partial charge in [0, 0.05) is 18.0 Å². The minimum Gasteiger partial charge on any atom is -0.386 e. The van der Waals surface area contributed by atoms with Gasteiger partial charge in [0.15, 0.2) is 0 Å². The quantitative estimate of drug-likeness (QED) is 0.639. The Labute approximate surface area is 143 Å². The van der Waals surface area contributed by atoms with Gasteiger partial charge < -0.3 is 9.88 Å². The number of hydrogen-bond acceptors (Lipinski definition) is 4. The lowest BCUT2D eigenvalue weighted by molar-refractivity contribution is -0.106. The van der Waals surface area contributed by atoms with Crippen LogP contribution in [0.5, 0.6) is 0 Å². The van der Waals surface area contributed by atoms with Crippen LogP contribution in [0.2, 0.25) is 0 Å². The van der Waals surface area contributed by atoms with Crippen LogP contribution in [0.1, 0.15) is 25.5 Å². The Balaban J connectivity index is 2.53. The van der Waals surface area contributed by atoms with Crippen molar-refractivity contribution in [2.75, 3.05) is 30.6 Å². The Morgan fingerprint density at radius 3 is 2.38 bits per heavy atom. The van der Waals surface area contributed by atoms with Crippen molar-refractivity contribution in [3.63, 3.8) is 0 Å². The summed E-state index contributed by atoms with van der Waals surface area (Å²) in [5.74, 6) is 0.325. The highest BCUT2D eigenvalue weighted by atomic mass is 31.2. The Hall–Kier alpha value is -2.13. The zero-order valence-electron chi connectivity index (χ0n) is 14.8. The summed E-state index contributed by atoms with van der Waals surface area (Å²) < 4.78 is 12.4. The van der Waals surface area contributed by atoms with Crippen LogP contribution in [-0.2, 0) is 9.36 Å². The molecule has 2 aromatic rings. The van der Waals surface area contributed by atoms with E-state index in [-0.39, 0.29) is 0 Å². The fourth-order valence-electron chi connectivity index (χ4n) is 2.40. The van der Waals surface area contributed by atoms with Crippen LogP contribution in [-0.4, -0.2) is 31.8 Å². The van der Waals surface area contributed by atoms with E-state index < -0.39 is 7.14 Å². The summed E-state index contributed by atoms with van der Waals surface area (Å²) >= 11 is 0. The van der Waals surface area contributed by atoms with Crippen molar-refractivity contribution in [1.82, 2.24) is 4.98 Å². The van der Waals surface area contributed by atoms with Crippen molar-refractivity contribution in [3.8, 4) is 0 Å². The number of aromatic nitrogens is 1. The van der Waals surface area contributed by atoms with E-state index in [1.165, 1.54) is 4.90 Å². The molecule has 1 aromatic carbocycles. The second kappa shape index (κ2) is 7.18. The number of carbonyl (C=O) groups is 1. The summed E-state index contributed by atoms with van der Waals surface area (Å²) in [4.78, 5) is 17.7. The first-order chi connectivity index (χ1) is 11.3. The van der Waals surface area contributed by atoms with E-state index in [0.717, 1.165) is 23.1 Å². The van der Waals surface area contributed by atoms with Crippen molar-refractivity contribution in [2.45, 2.75) is 19.8 Å². The Morgan fingerprint density at radius 2 is 1.92 bits per heavy atom. The molecule has 0 fully saturated rings. The number of nitrogens with zero attached hydrogens (tertiary/aromatic N) is 2. The highest BCUT2D eigenvalue weighted by molar-refractivity contribution is 7.70. The van der Waals surface area contributed by atoms with E-state index in [2.05, 4.69) is 24.1 Å². The molecule has 0 spiro atoms. The van der Waals surface area contributed by atoms with Gasteiger partial charge in [-0.1, -0.05) is 13.8 Å². The van der Waals surface area contributed by atoms with Gasteiger partial charge >= 0.3 is 0 Å². The maximum Gasteiger partial charge on any atom is 0.218 e. The molecule has 5 nitrogen and oxygen atoms in total. The highest BCUT2D eigenvalue weighted by Crippen LogP contribution is 2.38.